The molecule has 6 nitrogen and oxygen atoms in total. The zero-order chi connectivity index (χ0) is 21.9. The molecule has 0 aromatic carbocycles. The van der Waals surface area contributed by atoms with E-state index in [9.17, 15) is 18.6 Å². The van der Waals surface area contributed by atoms with E-state index in [0.29, 0.717) is 41.9 Å². The average molecular weight is 445 g/mol. The molecular formula is C23H40O6S. The van der Waals surface area contributed by atoms with E-state index in [0.717, 1.165) is 51.4 Å². The van der Waals surface area contributed by atoms with Crippen molar-refractivity contribution in [1.82, 2.24) is 0 Å². The molecule has 0 saturated heterocycles. The molecular weight excluding hydrogens is 404 g/mol. The smallest absolute Gasteiger partial charge is 0.393 e. The summed E-state index contributed by atoms with van der Waals surface area (Å²) in [6.45, 7) is 7.03. The lowest BCUT2D eigenvalue weighted by atomic mass is 9.43. The molecule has 4 fully saturated rings. The van der Waals surface area contributed by atoms with Gasteiger partial charge in [-0.1, -0.05) is 20.8 Å². The Morgan fingerprint density at radius 2 is 1.67 bits per heavy atom. The minimum absolute atomic E-state index is 0.0218. The maximum atomic E-state index is 11.3. The molecule has 174 valence electrons. The Balaban J connectivity index is 1.50. The van der Waals surface area contributed by atoms with Crippen LogP contribution in [0.15, 0.2) is 0 Å². The van der Waals surface area contributed by atoms with Crippen molar-refractivity contribution in [2.45, 2.75) is 90.8 Å². The van der Waals surface area contributed by atoms with E-state index < -0.39 is 10.4 Å². The predicted octanol–water partition coefficient (Wildman–Crippen LogP) is 3.82. The van der Waals surface area contributed by atoms with Crippen LogP contribution < -0.4 is 0 Å². The Morgan fingerprint density at radius 3 is 2.37 bits per heavy atom. The lowest BCUT2D eigenvalue weighted by molar-refractivity contribution is -0.174. The first-order valence-corrected chi connectivity index (χ1v) is 13.3. The topological polar surface area (TPSA) is 104 Å². The van der Waals surface area contributed by atoms with Crippen molar-refractivity contribution in [2.75, 3.05) is 6.61 Å². The lowest BCUT2D eigenvalue weighted by Crippen LogP contribution is -2.58. The van der Waals surface area contributed by atoms with E-state index in [1.165, 1.54) is 0 Å². The number of rotatable bonds is 5. The second kappa shape index (κ2) is 7.98. The Bertz CT molecular complexity index is 740. The van der Waals surface area contributed by atoms with Crippen LogP contribution in [-0.2, 0) is 14.6 Å². The van der Waals surface area contributed by atoms with Gasteiger partial charge in [0, 0.05) is 0 Å². The molecule has 7 heteroatoms. The molecule has 0 aromatic heterocycles. The van der Waals surface area contributed by atoms with Gasteiger partial charge in [-0.15, -0.1) is 0 Å². The quantitative estimate of drug-likeness (QED) is 0.557. The van der Waals surface area contributed by atoms with E-state index in [-0.39, 0.29) is 29.6 Å². The van der Waals surface area contributed by atoms with Gasteiger partial charge >= 0.3 is 10.4 Å². The number of aliphatic hydroxyl groups is 2. The summed E-state index contributed by atoms with van der Waals surface area (Å²) in [6.07, 6.45) is 8.30. The summed E-state index contributed by atoms with van der Waals surface area (Å²) in [5.41, 5.74) is 0.397. The van der Waals surface area contributed by atoms with Crippen molar-refractivity contribution in [2.24, 2.45) is 46.3 Å². The largest absolute Gasteiger partial charge is 0.397 e. The molecule has 0 aromatic rings. The second-order valence-electron chi connectivity index (χ2n) is 11.5. The van der Waals surface area contributed by atoms with Crippen LogP contribution >= 0.6 is 0 Å². The third-order valence-corrected chi connectivity index (χ3v) is 10.7. The summed E-state index contributed by atoms with van der Waals surface area (Å²) in [7, 11) is -4.38. The first kappa shape index (κ1) is 23.0. The second-order valence-corrected chi connectivity index (χ2v) is 12.6. The van der Waals surface area contributed by atoms with Gasteiger partial charge in [-0.05, 0) is 104 Å². The van der Waals surface area contributed by atoms with Crippen LogP contribution in [0.2, 0.25) is 0 Å². The fourth-order valence-corrected chi connectivity index (χ4v) is 9.02. The highest BCUT2D eigenvalue weighted by Gasteiger charge is 2.62. The molecule has 0 heterocycles. The van der Waals surface area contributed by atoms with Crippen LogP contribution in [0.25, 0.3) is 0 Å². The molecule has 0 unspecified atom stereocenters. The maximum absolute atomic E-state index is 11.3. The highest BCUT2D eigenvalue weighted by molar-refractivity contribution is 7.80. The summed E-state index contributed by atoms with van der Waals surface area (Å²) in [5, 5.41) is 21.5. The van der Waals surface area contributed by atoms with Crippen molar-refractivity contribution >= 4 is 10.4 Å². The van der Waals surface area contributed by atoms with E-state index in [1.807, 2.05) is 0 Å². The van der Waals surface area contributed by atoms with E-state index >= 15 is 0 Å². The monoisotopic (exact) mass is 444 g/mol. The Hall–Kier alpha value is -0.210. The number of hydrogen-bond acceptors (Lipinski definition) is 5. The van der Waals surface area contributed by atoms with Gasteiger partial charge in [0.25, 0.3) is 0 Å². The van der Waals surface area contributed by atoms with E-state index in [4.69, 9.17) is 4.55 Å². The Morgan fingerprint density at radius 1 is 1.00 bits per heavy atom. The van der Waals surface area contributed by atoms with Gasteiger partial charge in [0.05, 0.1) is 18.8 Å². The van der Waals surface area contributed by atoms with Crippen molar-refractivity contribution in [3.8, 4) is 0 Å². The first-order valence-electron chi connectivity index (χ1n) is 11.9. The molecule has 0 bridgehead atoms. The zero-order valence-electron chi connectivity index (χ0n) is 18.7. The third-order valence-electron chi connectivity index (χ3n) is 10.2. The fraction of sp³-hybridized carbons (Fsp3) is 1.00. The molecule has 10 atom stereocenters. The van der Waals surface area contributed by atoms with E-state index in [1.54, 1.807) is 0 Å². The SMILES string of the molecule is C[C@H](CCOS(=O)(=O)O)[C@H]1CC[C@H]2[C@@H]3[C@@H](O)C[C@@H]4C[C@H](O)CC[C@]4(C)[C@H]3CC[C@]12C. The summed E-state index contributed by atoms with van der Waals surface area (Å²) in [5.74, 6) is 2.60. The van der Waals surface area contributed by atoms with Gasteiger partial charge in [0.2, 0.25) is 0 Å². The Kier molecular flexibility index (Phi) is 6.11. The maximum Gasteiger partial charge on any atom is 0.397 e. The summed E-state index contributed by atoms with van der Waals surface area (Å²) in [6, 6.07) is 0. The molecule has 30 heavy (non-hydrogen) atoms. The van der Waals surface area contributed by atoms with Gasteiger partial charge < -0.3 is 10.2 Å². The Labute approximate surface area is 181 Å². The molecule has 4 saturated carbocycles. The average Bonchev–Trinajstić information content (AvgIpc) is 2.99. The standard InChI is InChI=1S/C23H40O6S/c1-14(8-11-29-30(26,27)28)17-4-5-18-21-19(7-10-23(17,18)3)22(2)9-6-16(24)12-15(22)13-20(21)25/h14-21,24-25H,4-13H2,1-3H3,(H,26,27,28)/t14-,15+,16-,17-,18+,19+,20+,21+,22+,23-/m1/s1. The highest BCUT2D eigenvalue weighted by atomic mass is 32.3. The summed E-state index contributed by atoms with van der Waals surface area (Å²) < 4.78 is 35.2. The molecule has 4 aliphatic carbocycles. The van der Waals surface area contributed by atoms with Crippen LogP contribution in [0.3, 0.4) is 0 Å². The number of aliphatic hydroxyl groups excluding tert-OH is 2. The van der Waals surface area contributed by atoms with Crippen molar-refractivity contribution in [1.29, 1.82) is 0 Å². The number of hydrogen-bond donors (Lipinski definition) is 3. The summed E-state index contributed by atoms with van der Waals surface area (Å²) in [4.78, 5) is 0. The van der Waals surface area contributed by atoms with Gasteiger partial charge in [0.1, 0.15) is 0 Å². The predicted molar refractivity (Wildman–Crippen MR) is 114 cm³/mol. The van der Waals surface area contributed by atoms with Crippen molar-refractivity contribution in [3.63, 3.8) is 0 Å². The molecule has 4 aliphatic rings. The molecule has 0 aliphatic heterocycles. The van der Waals surface area contributed by atoms with Gasteiger partial charge in [-0.25, -0.2) is 4.18 Å². The first-order chi connectivity index (χ1) is 14.0. The molecule has 0 spiro atoms. The number of fused-ring (bicyclic) bond motifs is 5. The van der Waals surface area contributed by atoms with Crippen LogP contribution in [0.5, 0.6) is 0 Å². The van der Waals surface area contributed by atoms with Crippen LogP contribution in [-0.4, -0.2) is 42.0 Å². The molecule has 0 amide bonds. The van der Waals surface area contributed by atoms with Crippen LogP contribution in [0.4, 0.5) is 0 Å². The fourth-order valence-electron chi connectivity index (χ4n) is 8.72. The lowest BCUT2D eigenvalue weighted by Gasteiger charge is -2.62. The van der Waals surface area contributed by atoms with Crippen molar-refractivity contribution < 1.29 is 27.4 Å². The van der Waals surface area contributed by atoms with Crippen LogP contribution in [0, 0.1) is 46.3 Å². The van der Waals surface area contributed by atoms with E-state index in [2.05, 4.69) is 25.0 Å². The normalized spacial score (nSPS) is 49.7. The zero-order valence-corrected chi connectivity index (χ0v) is 19.5. The van der Waals surface area contributed by atoms with Crippen molar-refractivity contribution in [3.05, 3.63) is 0 Å². The minimum Gasteiger partial charge on any atom is -0.393 e. The molecule has 0 radical (unpaired) electrons. The highest BCUT2D eigenvalue weighted by Crippen LogP contribution is 2.68. The summed E-state index contributed by atoms with van der Waals surface area (Å²) >= 11 is 0. The molecule has 3 N–H and O–H groups in total. The van der Waals surface area contributed by atoms with Gasteiger partial charge in [-0.2, -0.15) is 8.42 Å². The van der Waals surface area contributed by atoms with Crippen LogP contribution in [0.1, 0.15) is 78.6 Å². The molecule has 4 rings (SSSR count). The minimum atomic E-state index is -4.38. The third kappa shape index (κ3) is 3.87. The van der Waals surface area contributed by atoms with Gasteiger partial charge in [-0.3, -0.25) is 4.55 Å². The van der Waals surface area contributed by atoms with Gasteiger partial charge in [0.15, 0.2) is 0 Å².